The number of likely N-dealkylation sites (N-methyl/N-ethyl adjacent to an activating group) is 1. The lowest BCUT2D eigenvalue weighted by Gasteiger charge is -2.31. The normalized spacial score (nSPS) is 14.6. The number of hydrogen-bond donors (Lipinski definition) is 1. The fraction of sp³-hybridized carbons (Fsp3) is 0.333. The van der Waals surface area contributed by atoms with Crippen LogP contribution in [0.3, 0.4) is 0 Å². The fourth-order valence-electron chi connectivity index (χ4n) is 2.39. The second kappa shape index (κ2) is 6.66. The molecule has 0 bridgehead atoms. The number of benzene rings is 1. The van der Waals surface area contributed by atoms with E-state index >= 15 is 0 Å². The van der Waals surface area contributed by atoms with Crippen LogP contribution in [-0.4, -0.2) is 18.0 Å². The van der Waals surface area contributed by atoms with Gasteiger partial charge in [0.25, 0.3) is 0 Å². The summed E-state index contributed by atoms with van der Waals surface area (Å²) in [7, 11) is 2.13. The van der Waals surface area contributed by atoms with Crippen LogP contribution < -0.4 is 5.73 Å². The molecular weight excluding hydrogens is 320 g/mol. The van der Waals surface area contributed by atoms with Crippen molar-refractivity contribution in [2.75, 3.05) is 7.05 Å². The first-order valence-electron chi connectivity index (χ1n) is 6.30. The van der Waals surface area contributed by atoms with Crippen molar-refractivity contribution in [2.24, 2.45) is 5.73 Å². The second-order valence-corrected chi connectivity index (χ2v) is 6.60. The van der Waals surface area contributed by atoms with Crippen LogP contribution in [0.4, 0.5) is 0 Å². The predicted octanol–water partition coefficient (Wildman–Crippen LogP) is 4.03. The Kier molecular flexibility index (Phi) is 5.16. The molecule has 2 N–H and O–H groups in total. The van der Waals surface area contributed by atoms with E-state index in [1.54, 1.807) is 11.3 Å². The van der Waals surface area contributed by atoms with Crippen LogP contribution in [-0.2, 0) is 6.54 Å². The summed E-state index contributed by atoms with van der Waals surface area (Å²) in [4.78, 5) is 2.32. The van der Waals surface area contributed by atoms with E-state index in [1.165, 1.54) is 11.1 Å². The molecule has 2 unspecified atom stereocenters. The van der Waals surface area contributed by atoms with Crippen LogP contribution in [0.2, 0.25) is 0 Å². The summed E-state index contributed by atoms with van der Waals surface area (Å²) in [5, 5.41) is 4.31. The number of thiophene rings is 1. The fourth-order valence-corrected chi connectivity index (χ4v) is 3.31. The van der Waals surface area contributed by atoms with Gasteiger partial charge in [0.05, 0.1) is 0 Å². The third kappa shape index (κ3) is 3.89. The Hall–Kier alpha value is -0.680. The molecule has 0 fully saturated rings. The lowest BCUT2D eigenvalue weighted by atomic mass is 9.99. The van der Waals surface area contributed by atoms with Gasteiger partial charge in [-0.3, -0.25) is 4.90 Å². The van der Waals surface area contributed by atoms with Crippen molar-refractivity contribution in [1.82, 2.24) is 4.90 Å². The van der Waals surface area contributed by atoms with Gasteiger partial charge in [-0.05, 0) is 54.1 Å². The van der Waals surface area contributed by atoms with Crippen molar-refractivity contribution in [3.63, 3.8) is 0 Å². The first-order valence-corrected chi connectivity index (χ1v) is 8.04. The van der Waals surface area contributed by atoms with Crippen LogP contribution in [0.5, 0.6) is 0 Å². The topological polar surface area (TPSA) is 29.3 Å². The Labute approximate surface area is 127 Å². The van der Waals surface area contributed by atoms with Crippen LogP contribution in [0, 0.1) is 0 Å². The maximum Gasteiger partial charge on any atom is 0.0496 e. The van der Waals surface area contributed by atoms with Gasteiger partial charge in [0, 0.05) is 23.1 Å². The van der Waals surface area contributed by atoms with E-state index in [-0.39, 0.29) is 12.1 Å². The maximum absolute atomic E-state index is 6.19. The molecule has 1 aromatic carbocycles. The highest BCUT2D eigenvalue weighted by atomic mass is 79.9. The smallest absolute Gasteiger partial charge is 0.0496 e. The molecule has 0 saturated carbocycles. The van der Waals surface area contributed by atoms with E-state index in [1.807, 2.05) is 0 Å². The summed E-state index contributed by atoms with van der Waals surface area (Å²) < 4.78 is 1.10. The minimum absolute atomic E-state index is 0.0878. The van der Waals surface area contributed by atoms with Gasteiger partial charge in [-0.25, -0.2) is 0 Å². The van der Waals surface area contributed by atoms with Crippen LogP contribution >= 0.6 is 27.3 Å². The van der Waals surface area contributed by atoms with Gasteiger partial charge in [0.15, 0.2) is 0 Å². The Morgan fingerprint density at radius 1 is 1.26 bits per heavy atom. The molecule has 2 atom stereocenters. The molecule has 2 nitrogen and oxygen atoms in total. The molecule has 0 amide bonds. The van der Waals surface area contributed by atoms with Crippen molar-refractivity contribution < 1.29 is 0 Å². The average Bonchev–Trinajstić information content (AvgIpc) is 2.84. The molecular formula is C15H19BrN2S. The van der Waals surface area contributed by atoms with Crippen LogP contribution in [0.1, 0.15) is 24.1 Å². The van der Waals surface area contributed by atoms with Crippen molar-refractivity contribution in [1.29, 1.82) is 0 Å². The van der Waals surface area contributed by atoms with Gasteiger partial charge >= 0.3 is 0 Å². The summed E-state index contributed by atoms with van der Waals surface area (Å²) in [6, 6.07) is 10.9. The average molecular weight is 339 g/mol. The molecule has 0 aliphatic rings. The summed E-state index contributed by atoms with van der Waals surface area (Å²) in [5.74, 6) is 0. The highest BCUT2D eigenvalue weighted by Gasteiger charge is 2.21. The molecule has 0 aliphatic heterocycles. The van der Waals surface area contributed by atoms with Gasteiger partial charge in [-0.1, -0.05) is 28.1 Å². The summed E-state index contributed by atoms with van der Waals surface area (Å²) in [5.41, 5.74) is 8.79. The van der Waals surface area contributed by atoms with Gasteiger partial charge in [-0.2, -0.15) is 11.3 Å². The van der Waals surface area contributed by atoms with Crippen molar-refractivity contribution in [3.05, 3.63) is 56.7 Å². The molecule has 0 radical (unpaired) electrons. The minimum Gasteiger partial charge on any atom is -0.326 e. The summed E-state index contributed by atoms with van der Waals surface area (Å²) >= 11 is 5.21. The molecule has 102 valence electrons. The highest BCUT2D eigenvalue weighted by molar-refractivity contribution is 9.10. The van der Waals surface area contributed by atoms with E-state index in [9.17, 15) is 0 Å². The Balaban J connectivity index is 2.17. The van der Waals surface area contributed by atoms with E-state index < -0.39 is 0 Å². The van der Waals surface area contributed by atoms with Gasteiger partial charge in [0.2, 0.25) is 0 Å². The van der Waals surface area contributed by atoms with Gasteiger partial charge in [-0.15, -0.1) is 0 Å². The predicted molar refractivity (Wildman–Crippen MR) is 86.3 cm³/mol. The minimum atomic E-state index is 0.0878. The van der Waals surface area contributed by atoms with Crippen molar-refractivity contribution >= 4 is 27.3 Å². The monoisotopic (exact) mass is 338 g/mol. The molecule has 2 rings (SSSR count). The van der Waals surface area contributed by atoms with Crippen molar-refractivity contribution in [2.45, 2.75) is 25.6 Å². The number of nitrogens with two attached hydrogens (primary N) is 1. The maximum atomic E-state index is 6.19. The first kappa shape index (κ1) is 14.7. The number of hydrogen-bond acceptors (Lipinski definition) is 3. The number of rotatable bonds is 5. The van der Waals surface area contributed by atoms with E-state index in [0.29, 0.717) is 0 Å². The number of halogens is 1. The molecule has 0 aliphatic carbocycles. The quantitative estimate of drug-likeness (QED) is 0.891. The molecule has 4 heteroatoms. The molecule has 0 spiro atoms. The zero-order chi connectivity index (χ0) is 13.8. The second-order valence-electron chi connectivity index (χ2n) is 4.90. The third-order valence-corrected chi connectivity index (χ3v) is 4.46. The van der Waals surface area contributed by atoms with E-state index in [0.717, 1.165) is 11.0 Å². The standard InChI is InChI=1S/C15H19BrN2S/c1-11(17)15(13-3-5-14(16)6-4-13)18(2)9-12-7-8-19-10-12/h3-8,10-11,15H,9,17H2,1-2H3. The lowest BCUT2D eigenvalue weighted by Crippen LogP contribution is -2.36. The lowest BCUT2D eigenvalue weighted by molar-refractivity contribution is 0.211. The Bertz CT molecular complexity index is 493. The molecule has 1 heterocycles. The summed E-state index contributed by atoms with van der Waals surface area (Å²) in [6.07, 6.45) is 0. The SMILES string of the molecule is CC(N)C(c1ccc(Br)cc1)N(C)Cc1ccsc1. The van der Waals surface area contributed by atoms with Gasteiger partial charge in [0.1, 0.15) is 0 Å². The zero-order valence-electron chi connectivity index (χ0n) is 11.2. The molecule has 0 saturated heterocycles. The van der Waals surface area contributed by atoms with Crippen molar-refractivity contribution in [3.8, 4) is 0 Å². The third-order valence-electron chi connectivity index (χ3n) is 3.20. The van der Waals surface area contributed by atoms with Crippen LogP contribution in [0.25, 0.3) is 0 Å². The van der Waals surface area contributed by atoms with Crippen LogP contribution in [0.15, 0.2) is 45.6 Å². The Morgan fingerprint density at radius 2 is 1.95 bits per heavy atom. The van der Waals surface area contributed by atoms with Gasteiger partial charge < -0.3 is 5.73 Å². The largest absolute Gasteiger partial charge is 0.326 e. The van der Waals surface area contributed by atoms with E-state index in [2.05, 4.69) is 75.9 Å². The van der Waals surface area contributed by atoms with E-state index in [4.69, 9.17) is 5.73 Å². The molecule has 2 aromatic rings. The molecule has 19 heavy (non-hydrogen) atoms. The zero-order valence-corrected chi connectivity index (χ0v) is 13.6. The Morgan fingerprint density at radius 3 is 2.47 bits per heavy atom. The highest BCUT2D eigenvalue weighted by Crippen LogP contribution is 2.25. The first-order chi connectivity index (χ1) is 9.08. The summed E-state index contributed by atoms with van der Waals surface area (Å²) in [6.45, 7) is 2.99. The molecule has 1 aromatic heterocycles. The number of nitrogens with zero attached hydrogens (tertiary/aromatic N) is 1.